The Morgan fingerprint density at radius 3 is 2.95 bits per heavy atom. The first-order valence-corrected chi connectivity index (χ1v) is 8.72. The Bertz CT molecular complexity index is 515. The van der Waals surface area contributed by atoms with E-state index in [9.17, 15) is 0 Å². The molecule has 2 heterocycles. The number of fused-ring (bicyclic) bond motifs is 1. The van der Waals surface area contributed by atoms with Gasteiger partial charge in [0.25, 0.3) is 0 Å². The topological polar surface area (TPSA) is 51.4 Å². The largest absolute Gasteiger partial charge is 0.377 e. The van der Waals surface area contributed by atoms with Crippen molar-refractivity contribution in [2.75, 3.05) is 20.2 Å². The Labute approximate surface area is 131 Å². The molecule has 0 radical (unpaired) electrons. The highest BCUT2D eigenvalue weighted by atomic mass is 32.1. The normalized spacial score (nSPS) is 34.6. The van der Waals surface area contributed by atoms with Crippen LogP contribution in [-0.4, -0.2) is 41.7 Å². The third-order valence-corrected chi connectivity index (χ3v) is 6.60. The Balaban J connectivity index is 1.69. The summed E-state index contributed by atoms with van der Waals surface area (Å²) in [6, 6.07) is 0. The molecule has 3 rings (SSSR count). The zero-order chi connectivity index (χ0) is 15.3. The van der Waals surface area contributed by atoms with E-state index >= 15 is 0 Å². The van der Waals surface area contributed by atoms with Crippen LogP contribution in [0.15, 0.2) is 5.51 Å². The van der Waals surface area contributed by atoms with Crippen LogP contribution >= 0.6 is 11.3 Å². The summed E-state index contributed by atoms with van der Waals surface area (Å²) in [6.45, 7) is 9.37. The molecule has 3 atom stereocenters. The number of nitrogens with two attached hydrogens (primary N) is 1. The standard InChI is InChI=1S/C16H27N3OS/c1-11-13(21-10-18-11)8-19(4)9-16(17)12-6-5-7-20-14(12)15(16,2)3/h10,12,14H,5-9,17H2,1-4H3. The van der Waals surface area contributed by atoms with Gasteiger partial charge in [0.1, 0.15) is 0 Å². The van der Waals surface area contributed by atoms with Gasteiger partial charge in [0.15, 0.2) is 0 Å². The molecule has 1 aliphatic heterocycles. The molecule has 1 saturated heterocycles. The van der Waals surface area contributed by atoms with E-state index in [0.717, 1.165) is 31.8 Å². The summed E-state index contributed by atoms with van der Waals surface area (Å²) in [4.78, 5) is 8.03. The van der Waals surface area contributed by atoms with Gasteiger partial charge in [-0.15, -0.1) is 11.3 Å². The molecule has 118 valence electrons. The van der Waals surface area contributed by atoms with E-state index in [1.165, 1.54) is 11.3 Å². The number of aromatic nitrogens is 1. The quantitative estimate of drug-likeness (QED) is 0.928. The molecule has 0 amide bonds. The van der Waals surface area contributed by atoms with E-state index in [1.54, 1.807) is 11.3 Å². The minimum Gasteiger partial charge on any atom is -0.377 e. The minimum atomic E-state index is -0.147. The highest BCUT2D eigenvalue weighted by Gasteiger charge is 2.66. The molecule has 1 aromatic rings. The number of hydrogen-bond donors (Lipinski definition) is 1. The van der Waals surface area contributed by atoms with Crippen molar-refractivity contribution in [1.82, 2.24) is 9.88 Å². The molecule has 1 aliphatic carbocycles. The lowest BCUT2D eigenvalue weighted by Gasteiger charge is -2.67. The van der Waals surface area contributed by atoms with Crippen molar-refractivity contribution >= 4 is 11.3 Å². The highest BCUT2D eigenvalue weighted by Crippen LogP contribution is 2.57. The summed E-state index contributed by atoms with van der Waals surface area (Å²) in [5.41, 5.74) is 9.84. The summed E-state index contributed by atoms with van der Waals surface area (Å²) in [6.07, 6.45) is 2.70. The van der Waals surface area contributed by atoms with Crippen LogP contribution < -0.4 is 5.73 Å². The van der Waals surface area contributed by atoms with Gasteiger partial charge in [0.05, 0.1) is 17.3 Å². The summed E-state index contributed by atoms with van der Waals surface area (Å²) >= 11 is 1.73. The van der Waals surface area contributed by atoms with Crippen molar-refractivity contribution in [2.45, 2.75) is 51.8 Å². The van der Waals surface area contributed by atoms with Crippen LogP contribution in [0.25, 0.3) is 0 Å². The monoisotopic (exact) mass is 309 g/mol. The van der Waals surface area contributed by atoms with Crippen LogP contribution in [0.1, 0.15) is 37.3 Å². The fourth-order valence-corrected chi connectivity index (χ4v) is 5.07. The van der Waals surface area contributed by atoms with Gasteiger partial charge in [-0.05, 0) is 26.8 Å². The molecule has 5 heteroatoms. The molecule has 0 bridgehead atoms. The summed E-state index contributed by atoms with van der Waals surface area (Å²) in [5.74, 6) is 0.506. The fraction of sp³-hybridized carbons (Fsp3) is 0.812. The van der Waals surface area contributed by atoms with E-state index in [4.69, 9.17) is 10.5 Å². The van der Waals surface area contributed by atoms with Gasteiger partial charge < -0.3 is 10.5 Å². The molecule has 2 fully saturated rings. The van der Waals surface area contributed by atoms with Crippen molar-refractivity contribution in [3.05, 3.63) is 16.1 Å². The van der Waals surface area contributed by atoms with Gasteiger partial charge in [-0.3, -0.25) is 4.90 Å². The summed E-state index contributed by atoms with van der Waals surface area (Å²) < 4.78 is 5.99. The molecular formula is C16H27N3OS. The molecule has 0 aromatic carbocycles. The molecule has 2 N–H and O–H groups in total. The second-order valence-corrected chi connectivity index (χ2v) is 8.27. The first-order valence-electron chi connectivity index (χ1n) is 7.84. The maximum absolute atomic E-state index is 6.87. The first kappa shape index (κ1) is 15.4. The van der Waals surface area contributed by atoms with Crippen LogP contribution in [-0.2, 0) is 11.3 Å². The first-order chi connectivity index (χ1) is 9.86. The number of hydrogen-bond acceptors (Lipinski definition) is 5. The molecule has 1 aromatic heterocycles. The van der Waals surface area contributed by atoms with Crippen molar-refractivity contribution in [1.29, 1.82) is 0 Å². The van der Waals surface area contributed by atoms with Crippen LogP contribution in [0.3, 0.4) is 0 Å². The maximum atomic E-state index is 6.87. The Morgan fingerprint density at radius 1 is 1.52 bits per heavy atom. The van der Waals surface area contributed by atoms with Gasteiger partial charge in [0, 0.05) is 41.4 Å². The smallest absolute Gasteiger partial charge is 0.0798 e. The Morgan fingerprint density at radius 2 is 2.29 bits per heavy atom. The average Bonchev–Trinajstić information content (AvgIpc) is 2.84. The third kappa shape index (κ3) is 2.34. The van der Waals surface area contributed by atoms with Gasteiger partial charge in [0.2, 0.25) is 0 Å². The second kappa shape index (κ2) is 5.30. The summed E-state index contributed by atoms with van der Waals surface area (Å²) in [5, 5.41) is 0. The SMILES string of the molecule is Cc1ncsc1CN(C)CC1(N)C2CCCOC2C1(C)C. The number of thiazole rings is 1. The van der Waals surface area contributed by atoms with Crippen molar-refractivity contribution in [3.8, 4) is 0 Å². The zero-order valence-corrected chi connectivity index (χ0v) is 14.4. The third-order valence-electron chi connectivity index (χ3n) is 5.68. The molecule has 2 aliphatic rings. The molecular weight excluding hydrogens is 282 g/mol. The van der Waals surface area contributed by atoms with Crippen molar-refractivity contribution < 1.29 is 4.74 Å². The second-order valence-electron chi connectivity index (χ2n) is 7.34. The molecule has 21 heavy (non-hydrogen) atoms. The van der Waals surface area contributed by atoms with Crippen LogP contribution in [0.4, 0.5) is 0 Å². The van der Waals surface area contributed by atoms with E-state index in [-0.39, 0.29) is 11.0 Å². The van der Waals surface area contributed by atoms with Crippen molar-refractivity contribution in [3.63, 3.8) is 0 Å². The van der Waals surface area contributed by atoms with E-state index in [2.05, 4.69) is 37.7 Å². The number of nitrogens with zero attached hydrogens (tertiary/aromatic N) is 2. The predicted octanol–water partition coefficient (Wildman–Crippen LogP) is 2.42. The van der Waals surface area contributed by atoms with Gasteiger partial charge in [-0.1, -0.05) is 13.8 Å². The van der Waals surface area contributed by atoms with Gasteiger partial charge >= 0.3 is 0 Å². The van der Waals surface area contributed by atoms with Gasteiger partial charge in [-0.2, -0.15) is 0 Å². The molecule has 1 saturated carbocycles. The molecule has 0 spiro atoms. The van der Waals surface area contributed by atoms with E-state index < -0.39 is 0 Å². The maximum Gasteiger partial charge on any atom is 0.0798 e. The number of rotatable bonds is 4. The molecule has 3 unspecified atom stereocenters. The van der Waals surface area contributed by atoms with Crippen LogP contribution in [0.5, 0.6) is 0 Å². The number of ether oxygens (including phenoxy) is 1. The Hall–Kier alpha value is -0.490. The number of likely N-dealkylation sites (N-methyl/N-ethyl adjacent to an activating group) is 1. The average molecular weight is 309 g/mol. The fourth-order valence-electron chi connectivity index (χ4n) is 4.21. The lowest BCUT2D eigenvalue weighted by molar-refractivity contribution is -0.231. The molecule has 4 nitrogen and oxygen atoms in total. The lowest BCUT2D eigenvalue weighted by Crippen LogP contribution is -2.80. The minimum absolute atomic E-state index is 0.0507. The van der Waals surface area contributed by atoms with Crippen LogP contribution in [0.2, 0.25) is 0 Å². The number of aryl methyl sites for hydroxylation is 1. The lowest BCUT2D eigenvalue weighted by atomic mass is 9.46. The highest BCUT2D eigenvalue weighted by molar-refractivity contribution is 7.09. The van der Waals surface area contributed by atoms with Crippen molar-refractivity contribution in [2.24, 2.45) is 17.1 Å². The van der Waals surface area contributed by atoms with Crippen LogP contribution in [0, 0.1) is 18.3 Å². The Kier molecular flexibility index (Phi) is 3.89. The van der Waals surface area contributed by atoms with Gasteiger partial charge in [-0.25, -0.2) is 4.98 Å². The van der Waals surface area contributed by atoms with E-state index in [1.807, 2.05) is 5.51 Å². The van der Waals surface area contributed by atoms with E-state index in [0.29, 0.717) is 12.0 Å². The zero-order valence-electron chi connectivity index (χ0n) is 13.6. The summed E-state index contributed by atoms with van der Waals surface area (Å²) in [7, 11) is 2.17. The predicted molar refractivity (Wildman–Crippen MR) is 86.3 cm³/mol.